The first kappa shape index (κ1) is 19.9. The lowest BCUT2D eigenvalue weighted by Gasteiger charge is -2.28. The van der Waals surface area contributed by atoms with E-state index in [0.29, 0.717) is 42.3 Å². The van der Waals surface area contributed by atoms with Gasteiger partial charge in [-0.25, -0.2) is 15.0 Å². The zero-order chi connectivity index (χ0) is 22.1. The molecule has 0 unspecified atom stereocenters. The minimum absolute atomic E-state index is 0.156. The van der Waals surface area contributed by atoms with Crippen molar-refractivity contribution in [3.05, 3.63) is 42.5 Å². The van der Waals surface area contributed by atoms with Crippen molar-refractivity contribution in [1.82, 2.24) is 29.3 Å². The first-order valence-electron chi connectivity index (χ1n) is 10.2. The fraction of sp³-hybridized carbons (Fsp3) is 0.286. The molecular weight excluding hydrogens is 410 g/mol. The highest BCUT2D eigenvalue weighted by atomic mass is 16.5. The molecular formula is C21H23N9O2. The number of morpholine rings is 1. The number of nitrogens with one attached hydrogen (secondary N) is 1. The molecule has 1 fully saturated rings. The molecule has 4 aromatic heterocycles. The lowest BCUT2D eigenvalue weighted by Crippen LogP contribution is -2.36. The van der Waals surface area contributed by atoms with Crippen molar-refractivity contribution in [2.45, 2.75) is 6.92 Å². The van der Waals surface area contributed by atoms with Gasteiger partial charge in [-0.3, -0.25) is 4.40 Å². The molecule has 11 nitrogen and oxygen atoms in total. The highest BCUT2D eigenvalue weighted by Crippen LogP contribution is 2.31. The van der Waals surface area contributed by atoms with Crippen LogP contribution in [0.1, 0.15) is 5.82 Å². The number of nitrogen functional groups attached to an aromatic ring is 1. The molecule has 5 heterocycles. The monoisotopic (exact) mass is 433 g/mol. The van der Waals surface area contributed by atoms with E-state index in [2.05, 4.69) is 36.2 Å². The van der Waals surface area contributed by atoms with E-state index < -0.39 is 0 Å². The van der Waals surface area contributed by atoms with Gasteiger partial charge in [0, 0.05) is 25.4 Å². The van der Waals surface area contributed by atoms with Gasteiger partial charge >= 0.3 is 0 Å². The minimum atomic E-state index is 0.156. The highest BCUT2D eigenvalue weighted by molar-refractivity contribution is 5.77. The quantitative estimate of drug-likeness (QED) is 0.482. The van der Waals surface area contributed by atoms with Crippen molar-refractivity contribution in [2.24, 2.45) is 0 Å². The maximum absolute atomic E-state index is 5.93. The average molecular weight is 433 g/mol. The molecule has 1 aliphatic heterocycles. The van der Waals surface area contributed by atoms with E-state index >= 15 is 0 Å². The summed E-state index contributed by atoms with van der Waals surface area (Å²) in [4.78, 5) is 24.3. The van der Waals surface area contributed by atoms with Crippen LogP contribution in [0, 0.1) is 6.92 Å². The SMILES string of the molecule is COc1ccc(Nc2nc3ccc(N4CCOCC4)cn3c2-c2nc(C)nc(N)n2)cn1. The van der Waals surface area contributed by atoms with Crippen LogP contribution in [0.15, 0.2) is 36.7 Å². The number of fused-ring (bicyclic) bond motifs is 1. The molecule has 0 atom stereocenters. The Hall–Kier alpha value is -3.99. The van der Waals surface area contributed by atoms with E-state index in [1.807, 2.05) is 22.7 Å². The normalized spacial score (nSPS) is 14.0. The second-order valence-corrected chi connectivity index (χ2v) is 7.30. The Kier molecular flexibility index (Phi) is 5.15. The molecule has 11 heteroatoms. The van der Waals surface area contributed by atoms with Crippen LogP contribution in [0.5, 0.6) is 5.88 Å². The molecule has 0 spiro atoms. The van der Waals surface area contributed by atoms with Crippen LogP contribution >= 0.6 is 0 Å². The Morgan fingerprint density at radius 3 is 2.62 bits per heavy atom. The lowest BCUT2D eigenvalue weighted by molar-refractivity contribution is 0.122. The maximum atomic E-state index is 5.93. The average Bonchev–Trinajstić information content (AvgIpc) is 3.16. The summed E-state index contributed by atoms with van der Waals surface area (Å²) in [6.45, 7) is 4.85. The molecule has 4 aromatic rings. The van der Waals surface area contributed by atoms with Gasteiger partial charge in [-0.2, -0.15) is 9.97 Å². The van der Waals surface area contributed by atoms with Crippen molar-refractivity contribution >= 4 is 28.8 Å². The molecule has 32 heavy (non-hydrogen) atoms. The van der Waals surface area contributed by atoms with Gasteiger partial charge in [-0.1, -0.05) is 0 Å². The Morgan fingerprint density at radius 2 is 1.91 bits per heavy atom. The summed E-state index contributed by atoms with van der Waals surface area (Å²) in [5.41, 5.74) is 9.18. The van der Waals surface area contributed by atoms with Gasteiger partial charge in [0.25, 0.3) is 0 Å². The van der Waals surface area contributed by atoms with Crippen molar-refractivity contribution < 1.29 is 9.47 Å². The minimum Gasteiger partial charge on any atom is -0.481 e. The topological polar surface area (TPSA) is 129 Å². The highest BCUT2D eigenvalue weighted by Gasteiger charge is 2.20. The summed E-state index contributed by atoms with van der Waals surface area (Å²) in [7, 11) is 1.58. The fourth-order valence-electron chi connectivity index (χ4n) is 3.66. The van der Waals surface area contributed by atoms with Crippen LogP contribution < -0.4 is 20.7 Å². The second kappa shape index (κ2) is 8.27. The molecule has 1 aliphatic rings. The summed E-state index contributed by atoms with van der Waals surface area (Å²) in [6, 6.07) is 7.68. The zero-order valence-corrected chi connectivity index (χ0v) is 17.8. The molecule has 0 aromatic carbocycles. The van der Waals surface area contributed by atoms with E-state index in [9.17, 15) is 0 Å². The smallest absolute Gasteiger partial charge is 0.223 e. The molecule has 0 radical (unpaired) electrons. The summed E-state index contributed by atoms with van der Waals surface area (Å²) < 4.78 is 12.6. The predicted molar refractivity (Wildman–Crippen MR) is 120 cm³/mol. The number of ether oxygens (including phenoxy) is 2. The number of imidazole rings is 1. The molecule has 3 N–H and O–H groups in total. The first-order chi connectivity index (χ1) is 15.6. The van der Waals surface area contributed by atoms with Gasteiger partial charge in [-0.15, -0.1) is 0 Å². The third-order valence-corrected chi connectivity index (χ3v) is 5.16. The number of hydrogen-bond donors (Lipinski definition) is 2. The number of pyridine rings is 2. The predicted octanol–water partition coefficient (Wildman–Crippen LogP) is 2.06. The molecule has 0 saturated carbocycles. The standard InChI is InChI=1S/C21H23N9O2/c1-13-24-19(28-21(22)25-13)18-20(26-14-3-6-17(31-2)23-11-14)27-16-5-4-15(12-30(16)18)29-7-9-32-10-8-29/h3-6,11-12,26H,7-10H2,1-2H3,(H2,22,24,25,28). The van der Waals surface area contributed by atoms with Crippen molar-refractivity contribution in [3.8, 4) is 17.4 Å². The third kappa shape index (κ3) is 3.85. The van der Waals surface area contributed by atoms with Crippen LogP contribution in [-0.2, 0) is 4.74 Å². The number of aromatic nitrogens is 6. The van der Waals surface area contributed by atoms with Crippen molar-refractivity contribution in [3.63, 3.8) is 0 Å². The number of anilines is 4. The summed E-state index contributed by atoms with van der Waals surface area (Å²) in [5, 5.41) is 3.32. The molecule has 1 saturated heterocycles. The third-order valence-electron chi connectivity index (χ3n) is 5.16. The van der Waals surface area contributed by atoms with Gasteiger partial charge < -0.3 is 25.4 Å². The zero-order valence-electron chi connectivity index (χ0n) is 17.8. The van der Waals surface area contributed by atoms with Gasteiger partial charge in [0.2, 0.25) is 11.8 Å². The largest absolute Gasteiger partial charge is 0.481 e. The lowest BCUT2D eigenvalue weighted by atomic mass is 10.3. The van der Waals surface area contributed by atoms with Crippen LogP contribution in [0.3, 0.4) is 0 Å². The van der Waals surface area contributed by atoms with Crippen LogP contribution in [0.2, 0.25) is 0 Å². The fourth-order valence-corrected chi connectivity index (χ4v) is 3.66. The number of nitrogens with zero attached hydrogens (tertiary/aromatic N) is 7. The number of aryl methyl sites for hydroxylation is 1. The van der Waals surface area contributed by atoms with Gasteiger partial charge in [0.05, 0.1) is 37.9 Å². The summed E-state index contributed by atoms with van der Waals surface area (Å²) in [5.74, 6) is 2.24. The van der Waals surface area contributed by atoms with E-state index in [1.54, 1.807) is 26.3 Å². The first-order valence-corrected chi connectivity index (χ1v) is 10.2. The summed E-state index contributed by atoms with van der Waals surface area (Å²) in [6.07, 6.45) is 3.72. The Bertz CT molecular complexity index is 1230. The summed E-state index contributed by atoms with van der Waals surface area (Å²) >= 11 is 0. The number of nitrogens with two attached hydrogens (primary N) is 1. The van der Waals surface area contributed by atoms with E-state index in [4.69, 9.17) is 20.2 Å². The van der Waals surface area contributed by atoms with Crippen molar-refractivity contribution in [1.29, 1.82) is 0 Å². The Morgan fingerprint density at radius 1 is 1.06 bits per heavy atom. The second-order valence-electron chi connectivity index (χ2n) is 7.30. The van der Waals surface area contributed by atoms with Crippen LogP contribution in [0.25, 0.3) is 17.2 Å². The molecule has 0 aliphatic carbocycles. The number of rotatable bonds is 5. The van der Waals surface area contributed by atoms with Crippen LogP contribution in [0.4, 0.5) is 23.1 Å². The van der Waals surface area contributed by atoms with E-state index in [-0.39, 0.29) is 5.95 Å². The Labute approximate surface area is 184 Å². The van der Waals surface area contributed by atoms with Gasteiger partial charge in [0.15, 0.2) is 11.6 Å². The van der Waals surface area contributed by atoms with E-state index in [0.717, 1.165) is 30.1 Å². The van der Waals surface area contributed by atoms with Crippen molar-refractivity contribution in [2.75, 3.05) is 49.4 Å². The Balaban J connectivity index is 1.64. The van der Waals surface area contributed by atoms with E-state index in [1.165, 1.54) is 0 Å². The number of hydrogen-bond acceptors (Lipinski definition) is 10. The maximum Gasteiger partial charge on any atom is 0.223 e. The molecule has 0 amide bonds. The number of methoxy groups -OCH3 is 1. The molecule has 5 rings (SSSR count). The van der Waals surface area contributed by atoms with Gasteiger partial charge in [0.1, 0.15) is 17.2 Å². The van der Waals surface area contributed by atoms with Gasteiger partial charge in [-0.05, 0) is 25.1 Å². The van der Waals surface area contributed by atoms with Crippen LogP contribution in [-0.4, -0.2) is 62.7 Å². The molecule has 0 bridgehead atoms. The molecule has 164 valence electrons.